The van der Waals surface area contributed by atoms with Crippen molar-refractivity contribution < 1.29 is 14.6 Å². The second-order valence-corrected chi connectivity index (χ2v) is 6.08. The van der Waals surface area contributed by atoms with E-state index in [0.29, 0.717) is 31.0 Å². The van der Waals surface area contributed by atoms with Crippen LogP contribution in [0.2, 0.25) is 0 Å². The van der Waals surface area contributed by atoms with Crippen LogP contribution in [-0.4, -0.2) is 64.8 Å². The number of nitrogens with zero attached hydrogens (tertiary/aromatic N) is 4. The molecule has 2 atom stereocenters. The van der Waals surface area contributed by atoms with Gasteiger partial charge in [-0.1, -0.05) is 0 Å². The topological polar surface area (TPSA) is 83.5 Å². The van der Waals surface area contributed by atoms with Crippen LogP contribution in [0.4, 0.5) is 0 Å². The number of nitriles is 1. The van der Waals surface area contributed by atoms with Gasteiger partial charge in [-0.2, -0.15) is 10.4 Å². The van der Waals surface area contributed by atoms with Gasteiger partial charge < -0.3 is 14.6 Å². The van der Waals surface area contributed by atoms with E-state index in [0.717, 1.165) is 13.1 Å². The van der Waals surface area contributed by atoms with Crippen LogP contribution in [0.3, 0.4) is 0 Å². The number of hydrogen-bond donors (Lipinski definition) is 1. The Morgan fingerprint density at radius 1 is 1.40 bits per heavy atom. The molecule has 1 aromatic carbocycles. The van der Waals surface area contributed by atoms with Gasteiger partial charge in [0.25, 0.3) is 0 Å². The summed E-state index contributed by atoms with van der Waals surface area (Å²) < 4.78 is 13.2. The van der Waals surface area contributed by atoms with E-state index in [1.165, 1.54) is 0 Å². The fourth-order valence-corrected chi connectivity index (χ4v) is 2.84. The number of hydrogen-bond acceptors (Lipinski definition) is 6. The molecule has 2 heterocycles. The summed E-state index contributed by atoms with van der Waals surface area (Å²) >= 11 is 0. The lowest BCUT2D eigenvalue weighted by atomic mass is 10.2. The molecule has 0 saturated carbocycles. The van der Waals surface area contributed by atoms with E-state index in [1.54, 1.807) is 30.5 Å². The first-order valence-electron chi connectivity index (χ1n) is 8.35. The summed E-state index contributed by atoms with van der Waals surface area (Å²) in [5.74, 6) is 0.650. The number of aliphatic hydroxyl groups is 1. The van der Waals surface area contributed by atoms with Crippen molar-refractivity contribution in [2.24, 2.45) is 0 Å². The Bertz CT molecular complexity index is 681. The standard InChI is InChI=1S/C18H22N4O3/c19-10-15-2-4-17(5-3-15)25-14-16(23)11-21-8-9-24-18(12-21)13-22-7-1-6-20-22/h1-7,16,18,23H,8-9,11-14H2/t16-,18+/m1/s1. The van der Waals surface area contributed by atoms with Gasteiger partial charge >= 0.3 is 0 Å². The highest BCUT2D eigenvalue weighted by molar-refractivity contribution is 5.34. The lowest BCUT2D eigenvalue weighted by Gasteiger charge is -2.33. The largest absolute Gasteiger partial charge is 0.491 e. The molecule has 1 fully saturated rings. The van der Waals surface area contributed by atoms with Gasteiger partial charge in [-0.15, -0.1) is 0 Å². The molecular weight excluding hydrogens is 320 g/mol. The number of morpholine rings is 1. The highest BCUT2D eigenvalue weighted by Gasteiger charge is 2.23. The van der Waals surface area contributed by atoms with Gasteiger partial charge in [0.2, 0.25) is 0 Å². The zero-order valence-corrected chi connectivity index (χ0v) is 14.0. The number of ether oxygens (including phenoxy) is 2. The van der Waals surface area contributed by atoms with E-state index < -0.39 is 6.10 Å². The second-order valence-electron chi connectivity index (χ2n) is 6.08. The average Bonchev–Trinajstić information content (AvgIpc) is 3.14. The monoisotopic (exact) mass is 342 g/mol. The van der Waals surface area contributed by atoms with Crippen LogP contribution >= 0.6 is 0 Å². The third kappa shape index (κ3) is 5.29. The van der Waals surface area contributed by atoms with Crippen molar-refractivity contribution in [1.29, 1.82) is 5.26 Å². The summed E-state index contributed by atoms with van der Waals surface area (Å²) in [6.07, 6.45) is 3.16. The van der Waals surface area contributed by atoms with Gasteiger partial charge in [0.05, 0.1) is 30.9 Å². The van der Waals surface area contributed by atoms with Gasteiger partial charge in [-0.25, -0.2) is 0 Å². The van der Waals surface area contributed by atoms with Crippen LogP contribution in [0.1, 0.15) is 5.56 Å². The van der Waals surface area contributed by atoms with Crippen molar-refractivity contribution in [3.63, 3.8) is 0 Å². The minimum atomic E-state index is -0.584. The third-order valence-corrected chi connectivity index (χ3v) is 4.07. The van der Waals surface area contributed by atoms with Crippen molar-refractivity contribution in [3.05, 3.63) is 48.3 Å². The van der Waals surface area contributed by atoms with Crippen molar-refractivity contribution in [2.45, 2.75) is 18.8 Å². The zero-order valence-electron chi connectivity index (χ0n) is 14.0. The first-order valence-corrected chi connectivity index (χ1v) is 8.35. The summed E-state index contributed by atoms with van der Waals surface area (Å²) in [5.41, 5.74) is 0.587. The second kappa shape index (κ2) is 8.62. The van der Waals surface area contributed by atoms with Gasteiger partial charge in [0.15, 0.2) is 0 Å². The Hall–Kier alpha value is -2.40. The molecule has 1 N–H and O–H groups in total. The summed E-state index contributed by atoms with van der Waals surface area (Å²) in [5, 5.41) is 23.2. The van der Waals surface area contributed by atoms with Gasteiger partial charge in [0, 0.05) is 32.0 Å². The minimum absolute atomic E-state index is 0.0697. The maximum Gasteiger partial charge on any atom is 0.119 e. The Morgan fingerprint density at radius 2 is 2.24 bits per heavy atom. The molecule has 0 spiro atoms. The molecule has 1 aliphatic rings. The first kappa shape index (κ1) is 17.4. The minimum Gasteiger partial charge on any atom is -0.491 e. The summed E-state index contributed by atoms with van der Waals surface area (Å²) in [6, 6.07) is 10.8. The average molecular weight is 342 g/mol. The molecule has 0 radical (unpaired) electrons. The molecule has 25 heavy (non-hydrogen) atoms. The van der Waals surface area contributed by atoms with Crippen LogP contribution in [0.5, 0.6) is 5.75 Å². The molecule has 1 aromatic heterocycles. The highest BCUT2D eigenvalue weighted by Crippen LogP contribution is 2.13. The molecule has 0 aliphatic carbocycles. The quantitative estimate of drug-likeness (QED) is 0.805. The van der Waals surface area contributed by atoms with Crippen LogP contribution in [0.25, 0.3) is 0 Å². The number of benzene rings is 1. The lowest BCUT2D eigenvalue weighted by Crippen LogP contribution is -2.47. The number of aliphatic hydroxyl groups excluding tert-OH is 1. The molecule has 0 amide bonds. The Morgan fingerprint density at radius 3 is 2.96 bits per heavy atom. The molecule has 0 bridgehead atoms. The molecule has 1 saturated heterocycles. The van der Waals surface area contributed by atoms with E-state index in [2.05, 4.69) is 16.1 Å². The Labute approximate surface area is 147 Å². The third-order valence-electron chi connectivity index (χ3n) is 4.07. The molecule has 1 aliphatic heterocycles. The van der Waals surface area contributed by atoms with Gasteiger partial charge in [-0.05, 0) is 30.3 Å². The zero-order chi connectivity index (χ0) is 17.5. The maximum absolute atomic E-state index is 10.2. The summed E-state index contributed by atoms with van der Waals surface area (Å²) in [7, 11) is 0. The predicted molar refractivity (Wildman–Crippen MR) is 91.1 cm³/mol. The number of rotatable bonds is 7. The van der Waals surface area contributed by atoms with Crippen LogP contribution in [0.15, 0.2) is 42.7 Å². The number of β-amino-alcohol motifs (C(OH)–C–C–N with tert-alkyl or cyclic N) is 1. The van der Waals surface area contributed by atoms with E-state index in [4.69, 9.17) is 14.7 Å². The maximum atomic E-state index is 10.2. The van der Waals surface area contributed by atoms with Crippen LogP contribution in [0, 0.1) is 11.3 Å². The molecule has 7 nitrogen and oxygen atoms in total. The summed E-state index contributed by atoms with van der Waals surface area (Å²) in [6.45, 7) is 3.66. The molecule has 0 unspecified atom stereocenters. The van der Waals surface area contributed by atoms with E-state index >= 15 is 0 Å². The predicted octanol–water partition coefficient (Wildman–Crippen LogP) is 0.895. The fourth-order valence-electron chi connectivity index (χ4n) is 2.84. The highest BCUT2D eigenvalue weighted by atomic mass is 16.5. The lowest BCUT2D eigenvalue weighted by molar-refractivity contribution is -0.0517. The van der Waals surface area contributed by atoms with Crippen molar-refractivity contribution in [2.75, 3.05) is 32.8 Å². The smallest absolute Gasteiger partial charge is 0.119 e. The molecular formula is C18H22N4O3. The van der Waals surface area contributed by atoms with Crippen molar-refractivity contribution >= 4 is 0 Å². The van der Waals surface area contributed by atoms with E-state index in [-0.39, 0.29) is 12.7 Å². The van der Waals surface area contributed by atoms with E-state index in [1.807, 2.05) is 16.9 Å². The molecule has 2 aromatic rings. The Balaban J connectivity index is 1.42. The van der Waals surface area contributed by atoms with Crippen molar-refractivity contribution in [3.8, 4) is 11.8 Å². The van der Waals surface area contributed by atoms with Gasteiger partial charge in [0.1, 0.15) is 18.5 Å². The SMILES string of the molecule is N#Cc1ccc(OC[C@H](O)CN2CCO[C@H](Cn3cccn3)C2)cc1. The first-order chi connectivity index (χ1) is 12.2. The van der Waals surface area contributed by atoms with Crippen LogP contribution in [-0.2, 0) is 11.3 Å². The normalized spacial score (nSPS) is 19.3. The Kier molecular flexibility index (Phi) is 6.01. The van der Waals surface area contributed by atoms with E-state index in [9.17, 15) is 5.11 Å². The van der Waals surface area contributed by atoms with Gasteiger partial charge in [-0.3, -0.25) is 9.58 Å². The summed E-state index contributed by atoms with van der Waals surface area (Å²) in [4.78, 5) is 2.18. The molecule has 132 valence electrons. The van der Waals surface area contributed by atoms with Crippen molar-refractivity contribution in [1.82, 2.24) is 14.7 Å². The molecule has 7 heteroatoms. The molecule has 3 rings (SSSR count). The number of aromatic nitrogens is 2. The van der Waals surface area contributed by atoms with Crippen LogP contribution < -0.4 is 4.74 Å². The fraction of sp³-hybridized carbons (Fsp3) is 0.444.